The molecule has 1 amide bonds. The first-order valence-corrected chi connectivity index (χ1v) is 13.2. The van der Waals surface area contributed by atoms with E-state index in [1.54, 1.807) is 31.4 Å². The summed E-state index contributed by atoms with van der Waals surface area (Å²) in [4.78, 5) is 13.4. The number of ether oxygens (including phenoxy) is 2. The van der Waals surface area contributed by atoms with Gasteiger partial charge in [0.2, 0.25) is 15.9 Å². The van der Waals surface area contributed by atoms with E-state index in [1.165, 1.54) is 11.4 Å². The molecular formula is C26H36N2O5S. The van der Waals surface area contributed by atoms with Crippen molar-refractivity contribution in [3.63, 3.8) is 0 Å². The normalized spacial score (nSPS) is 17.9. The third-order valence-corrected chi connectivity index (χ3v) is 8.40. The molecule has 1 aliphatic heterocycles. The largest absolute Gasteiger partial charge is 0.497 e. The van der Waals surface area contributed by atoms with E-state index < -0.39 is 15.9 Å². The molecule has 0 spiro atoms. The highest BCUT2D eigenvalue weighted by molar-refractivity contribution is 7.89. The van der Waals surface area contributed by atoms with Gasteiger partial charge in [0.15, 0.2) is 0 Å². The minimum atomic E-state index is -3.68. The van der Waals surface area contributed by atoms with E-state index >= 15 is 0 Å². The average Bonchev–Trinajstić information content (AvgIpc) is 2.83. The Kier molecular flexibility index (Phi) is 8.25. The van der Waals surface area contributed by atoms with Crippen molar-refractivity contribution >= 4 is 15.9 Å². The van der Waals surface area contributed by atoms with E-state index in [1.807, 2.05) is 19.9 Å². The number of hydrogen-bond donors (Lipinski definition) is 1. The maximum Gasteiger partial charge on any atom is 0.243 e. The van der Waals surface area contributed by atoms with Crippen molar-refractivity contribution < 1.29 is 22.7 Å². The highest BCUT2D eigenvalue weighted by Crippen LogP contribution is 2.32. The SMILES string of the molecule is COc1ccc(S(=O)(=O)N2CCC[C@@H](C(=O)N[C@H](C)c3cc(C(C)C)c(OC)cc3C)C2)cc1. The summed E-state index contributed by atoms with van der Waals surface area (Å²) >= 11 is 0. The first-order chi connectivity index (χ1) is 16.1. The Balaban J connectivity index is 1.73. The van der Waals surface area contributed by atoms with Gasteiger partial charge >= 0.3 is 0 Å². The third-order valence-electron chi connectivity index (χ3n) is 6.52. The molecule has 0 saturated carbocycles. The fraction of sp³-hybridized carbons (Fsp3) is 0.500. The Hall–Kier alpha value is -2.58. The number of hydrogen-bond acceptors (Lipinski definition) is 5. The number of benzene rings is 2. The minimum Gasteiger partial charge on any atom is -0.497 e. The quantitative estimate of drug-likeness (QED) is 0.595. The number of methoxy groups -OCH3 is 2. The van der Waals surface area contributed by atoms with Crippen LogP contribution >= 0.6 is 0 Å². The fourth-order valence-electron chi connectivity index (χ4n) is 4.49. The number of amides is 1. The fourth-order valence-corrected chi connectivity index (χ4v) is 6.01. The topological polar surface area (TPSA) is 84.9 Å². The van der Waals surface area contributed by atoms with E-state index in [0.29, 0.717) is 25.1 Å². The lowest BCUT2D eigenvalue weighted by Gasteiger charge is -2.32. The molecule has 3 rings (SSSR count). The van der Waals surface area contributed by atoms with Crippen molar-refractivity contribution in [1.29, 1.82) is 0 Å². The lowest BCUT2D eigenvalue weighted by Crippen LogP contribution is -2.45. The Morgan fingerprint density at radius 1 is 1.06 bits per heavy atom. The van der Waals surface area contributed by atoms with E-state index in [4.69, 9.17) is 9.47 Å². The summed E-state index contributed by atoms with van der Waals surface area (Å²) < 4.78 is 38.4. The molecule has 1 aliphatic rings. The van der Waals surface area contributed by atoms with Gasteiger partial charge in [-0.25, -0.2) is 8.42 Å². The maximum atomic E-state index is 13.2. The zero-order valence-corrected chi connectivity index (χ0v) is 21.7. The van der Waals surface area contributed by atoms with Crippen LogP contribution in [0.3, 0.4) is 0 Å². The molecule has 1 N–H and O–H groups in total. The van der Waals surface area contributed by atoms with Crippen LogP contribution < -0.4 is 14.8 Å². The van der Waals surface area contributed by atoms with Gasteiger partial charge in [0.05, 0.1) is 31.1 Å². The molecule has 1 fully saturated rings. The predicted octanol–water partition coefficient (Wildman–Crippen LogP) is 4.41. The van der Waals surface area contributed by atoms with Crippen molar-refractivity contribution in [2.24, 2.45) is 5.92 Å². The van der Waals surface area contributed by atoms with Crippen LogP contribution in [0, 0.1) is 12.8 Å². The third kappa shape index (κ3) is 5.55. The number of carbonyl (C=O) groups excluding carboxylic acids is 1. The molecule has 2 aromatic rings. The lowest BCUT2D eigenvalue weighted by molar-refractivity contribution is -0.126. The summed E-state index contributed by atoms with van der Waals surface area (Å²) in [6, 6.07) is 10.3. The maximum absolute atomic E-state index is 13.2. The average molecular weight is 489 g/mol. The molecule has 2 aromatic carbocycles. The summed E-state index contributed by atoms with van der Waals surface area (Å²) in [6.07, 6.45) is 1.30. The van der Waals surface area contributed by atoms with E-state index in [9.17, 15) is 13.2 Å². The zero-order chi connectivity index (χ0) is 25.0. The molecule has 0 aromatic heterocycles. The minimum absolute atomic E-state index is 0.122. The number of carbonyl (C=O) groups is 1. The van der Waals surface area contributed by atoms with Crippen LogP contribution in [0.4, 0.5) is 0 Å². The molecule has 0 bridgehead atoms. The molecule has 0 aliphatic carbocycles. The predicted molar refractivity (Wildman–Crippen MR) is 133 cm³/mol. The number of nitrogens with zero attached hydrogens (tertiary/aromatic N) is 1. The molecule has 8 heteroatoms. The zero-order valence-electron chi connectivity index (χ0n) is 20.9. The summed E-state index contributed by atoms with van der Waals surface area (Å²) in [5.41, 5.74) is 3.18. The first-order valence-electron chi connectivity index (χ1n) is 11.7. The van der Waals surface area contributed by atoms with Crippen molar-refractivity contribution in [3.05, 3.63) is 53.1 Å². The van der Waals surface area contributed by atoms with Gasteiger partial charge in [-0.3, -0.25) is 4.79 Å². The van der Waals surface area contributed by atoms with E-state index in [0.717, 1.165) is 22.4 Å². The van der Waals surface area contributed by atoms with Gasteiger partial charge in [0, 0.05) is 13.1 Å². The van der Waals surface area contributed by atoms with Crippen molar-refractivity contribution in [1.82, 2.24) is 9.62 Å². The Bertz CT molecular complexity index is 1110. The van der Waals surface area contributed by atoms with Crippen LogP contribution in [0.2, 0.25) is 0 Å². The monoisotopic (exact) mass is 488 g/mol. The first kappa shape index (κ1) is 26.0. The van der Waals surface area contributed by atoms with E-state index in [2.05, 4.69) is 25.2 Å². The summed E-state index contributed by atoms with van der Waals surface area (Å²) in [5.74, 6) is 1.21. The van der Waals surface area contributed by atoms with Crippen LogP contribution in [0.25, 0.3) is 0 Å². The van der Waals surface area contributed by atoms with Crippen molar-refractivity contribution in [3.8, 4) is 11.5 Å². The van der Waals surface area contributed by atoms with Crippen molar-refractivity contribution in [2.45, 2.75) is 57.4 Å². The van der Waals surface area contributed by atoms with E-state index in [-0.39, 0.29) is 29.3 Å². The summed E-state index contributed by atoms with van der Waals surface area (Å²) in [7, 11) is -0.476. The van der Waals surface area contributed by atoms with Crippen LogP contribution in [0.5, 0.6) is 11.5 Å². The summed E-state index contributed by atoms with van der Waals surface area (Å²) in [6.45, 7) is 8.77. The molecule has 2 atom stereocenters. The highest BCUT2D eigenvalue weighted by atomic mass is 32.2. The molecule has 1 saturated heterocycles. The molecule has 34 heavy (non-hydrogen) atoms. The second-order valence-corrected chi connectivity index (χ2v) is 11.2. The number of sulfonamides is 1. The molecule has 186 valence electrons. The molecule has 0 unspecified atom stereocenters. The van der Waals surface area contributed by atoms with Crippen molar-refractivity contribution in [2.75, 3.05) is 27.3 Å². The number of nitrogens with one attached hydrogen (secondary N) is 1. The molecule has 1 heterocycles. The lowest BCUT2D eigenvalue weighted by atomic mass is 9.92. The van der Waals surface area contributed by atoms with Gasteiger partial charge in [0.25, 0.3) is 0 Å². The number of piperidine rings is 1. The summed E-state index contributed by atoms with van der Waals surface area (Å²) in [5, 5.41) is 3.12. The Morgan fingerprint density at radius 2 is 1.74 bits per heavy atom. The van der Waals surface area contributed by atoms with Gasteiger partial charge in [-0.05, 0) is 85.7 Å². The Morgan fingerprint density at radius 3 is 2.32 bits per heavy atom. The van der Waals surface area contributed by atoms with Crippen LogP contribution in [-0.4, -0.2) is 45.9 Å². The van der Waals surface area contributed by atoms with Gasteiger partial charge in [-0.1, -0.05) is 13.8 Å². The van der Waals surface area contributed by atoms with Gasteiger partial charge in [-0.2, -0.15) is 4.31 Å². The van der Waals surface area contributed by atoms with Crippen LogP contribution in [-0.2, 0) is 14.8 Å². The number of aryl methyl sites for hydroxylation is 1. The highest BCUT2D eigenvalue weighted by Gasteiger charge is 2.34. The van der Waals surface area contributed by atoms with Crippen LogP contribution in [0.15, 0.2) is 41.3 Å². The van der Waals surface area contributed by atoms with Gasteiger partial charge in [0.1, 0.15) is 11.5 Å². The van der Waals surface area contributed by atoms with Gasteiger partial charge in [-0.15, -0.1) is 0 Å². The second-order valence-electron chi connectivity index (χ2n) is 9.21. The second kappa shape index (κ2) is 10.8. The smallest absolute Gasteiger partial charge is 0.243 e. The van der Waals surface area contributed by atoms with Crippen LogP contribution in [0.1, 0.15) is 62.3 Å². The molecular weight excluding hydrogens is 452 g/mol. The Labute approximate surface area is 203 Å². The molecule has 7 nitrogen and oxygen atoms in total. The molecule has 0 radical (unpaired) electrons. The standard InChI is InChI=1S/C26H36N2O5S/c1-17(2)23-15-24(18(3)14-25(23)33-6)19(4)27-26(29)20-8-7-13-28(16-20)34(30,31)22-11-9-21(32-5)10-12-22/h9-12,14-15,17,19-20H,7-8,13,16H2,1-6H3,(H,27,29)/t19-,20-/m1/s1. The number of rotatable bonds is 8. The van der Waals surface area contributed by atoms with Gasteiger partial charge < -0.3 is 14.8 Å².